The van der Waals surface area contributed by atoms with Gasteiger partial charge in [-0.1, -0.05) is 5.11 Å². The standard InChI is InChI=1S/C53H91N9O23/c1-48(2,3)80-42(67)55-20-25-31(64)32(65)29(59-46(71)84-52(13,14)15)39(73-25)77-34-24(57-44(69)82-50(7,8)9)19-23(61-62-54)28(58-45(70)83-51(10,11)12)37(34)79-41-33(66)35(27(22-63)75-41)78-40-30(60-47(72)85-53(16,17)18)38-36(76-38)26(74-40)21-56-43(68)81-49(4,5)6/h23-41,63-66H,19-22H2,1-18H3,(H,55,67)(H,56,68)(H,57,69)(H,58,70)(H,59,71)(H,60,72)/t23-,24-,25+,26-,27+,28+,29+,30+,31+,32+,33+,34+,35+,36-,37+,38+,39+,40+,41-/m0/s1. The SMILES string of the molecule is CC(C)(C)OC(=O)NC[C@@H]1O[C@H](O[C@H]2[C@@H](O)[C@H](O[C@@H]3[C@H](NC(=O)OC(C)(C)C)[C@@H](N=[N+]=[N-])C[C@H](NC(=O)OC(C)(C)C)[C@H]3O[C@H]3O[C@H](CNC(=O)OC(C)(C)C)[C@@H](O)[C@H](O)[C@H]3NC(=O)OC(C)(C)C)O[C@@H]2CO)[C@H](NC(=O)OC(C)(C)C)[C@H]2O[C@H]21. The van der Waals surface area contributed by atoms with E-state index >= 15 is 0 Å². The molecule has 5 aliphatic rings. The van der Waals surface area contributed by atoms with Crippen molar-refractivity contribution in [1.82, 2.24) is 31.9 Å². The molecule has 0 bridgehead atoms. The second kappa shape index (κ2) is 27.7. The number of amides is 6. The van der Waals surface area contributed by atoms with E-state index in [-0.39, 0.29) is 6.54 Å². The van der Waals surface area contributed by atoms with E-state index in [1.54, 1.807) is 125 Å². The molecule has 4 saturated heterocycles. The van der Waals surface area contributed by atoms with Crippen molar-refractivity contribution in [2.75, 3.05) is 19.7 Å². The number of ether oxygens (including phenoxy) is 13. The van der Waals surface area contributed by atoms with Crippen molar-refractivity contribution >= 4 is 36.6 Å². The first-order valence-electron chi connectivity index (χ1n) is 28.1. The lowest BCUT2D eigenvalue weighted by atomic mass is 9.81. The van der Waals surface area contributed by atoms with Gasteiger partial charge in [0.05, 0.1) is 24.7 Å². The zero-order valence-corrected chi connectivity index (χ0v) is 51.7. The highest BCUT2D eigenvalue weighted by atomic mass is 16.8. The maximum absolute atomic E-state index is 13.9. The average molecular weight is 1220 g/mol. The Kier molecular flexibility index (Phi) is 22.9. The summed E-state index contributed by atoms with van der Waals surface area (Å²) < 4.78 is 77.8. The van der Waals surface area contributed by atoms with E-state index in [0.29, 0.717) is 0 Å². The zero-order valence-electron chi connectivity index (χ0n) is 51.7. The topological polar surface area (TPSA) is 428 Å². The molecule has 32 heteroatoms. The maximum atomic E-state index is 13.9. The summed E-state index contributed by atoms with van der Waals surface area (Å²) in [6.07, 6.45) is -28.2. The molecule has 0 aromatic rings. The quantitative estimate of drug-likeness (QED) is 0.0349. The third-order valence-electron chi connectivity index (χ3n) is 12.6. The number of fused-ring (bicyclic) bond motifs is 1. The number of aliphatic hydroxyl groups is 4. The highest BCUT2D eigenvalue weighted by molar-refractivity contribution is 5.70. The van der Waals surface area contributed by atoms with Crippen LogP contribution in [0.2, 0.25) is 0 Å². The van der Waals surface area contributed by atoms with Gasteiger partial charge >= 0.3 is 36.6 Å². The molecular weight excluding hydrogens is 1130 g/mol. The first-order chi connectivity index (χ1) is 38.9. The van der Waals surface area contributed by atoms with Crippen molar-refractivity contribution in [3.63, 3.8) is 0 Å². The Balaban J connectivity index is 1.62. The highest BCUT2D eigenvalue weighted by Gasteiger charge is 2.61. The molecule has 10 N–H and O–H groups in total. The molecule has 85 heavy (non-hydrogen) atoms. The fourth-order valence-electron chi connectivity index (χ4n) is 9.43. The summed E-state index contributed by atoms with van der Waals surface area (Å²) in [5.41, 5.74) is 3.94. The molecule has 32 nitrogen and oxygen atoms in total. The summed E-state index contributed by atoms with van der Waals surface area (Å²) in [5, 5.41) is 66.4. The minimum absolute atomic E-state index is 0.177. The van der Waals surface area contributed by atoms with Gasteiger partial charge in [0, 0.05) is 18.0 Å². The summed E-state index contributed by atoms with van der Waals surface area (Å²) in [6.45, 7) is 27.4. The lowest BCUT2D eigenvalue weighted by Gasteiger charge is -2.49. The smallest absolute Gasteiger partial charge is 0.408 e. The molecule has 5 rings (SSSR count). The summed E-state index contributed by atoms with van der Waals surface area (Å²) in [6, 6.07) is -7.37. The van der Waals surface area contributed by atoms with E-state index in [0.717, 1.165) is 0 Å². The maximum Gasteiger partial charge on any atom is 0.408 e. The van der Waals surface area contributed by atoms with Crippen molar-refractivity contribution in [3.8, 4) is 0 Å². The van der Waals surface area contributed by atoms with Crippen LogP contribution < -0.4 is 31.9 Å². The van der Waals surface area contributed by atoms with Crippen LogP contribution in [-0.4, -0.2) is 227 Å². The minimum Gasteiger partial charge on any atom is -0.444 e. The van der Waals surface area contributed by atoms with Crippen molar-refractivity contribution in [1.29, 1.82) is 0 Å². The van der Waals surface area contributed by atoms with Gasteiger partial charge < -0.3 is 114 Å². The van der Waals surface area contributed by atoms with Crippen molar-refractivity contribution in [2.24, 2.45) is 5.11 Å². The number of rotatable bonds is 16. The monoisotopic (exact) mass is 1220 g/mol. The van der Waals surface area contributed by atoms with Crippen LogP contribution in [0.4, 0.5) is 28.8 Å². The first-order valence-corrected chi connectivity index (χ1v) is 28.1. The molecule has 1 aliphatic carbocycles. The van der Waals surface area contributed by atoms with Crippen LogP contribution in [0.25, 0.3) is 10.4 Å². The van der Waals surface area contributed by atoms with Gasteiger partial charge in [-0.2, -0.15) is 0 Å². The van der Waals surface area contributed by atoms with Crippen LogP contribution in [0.5, 0.6) is 0 Å². The number of carbonyl (C=O) groups excluding carboxylic acids is 6. The van der Waals surface area contributed by atoms with Crippen LogP contribution >= 0.6 is 0 Å². The summed E-state index contributed by atoms with van der Waals surface area (Å²) in [5.74, 6) is 0. The first kappa shape index (κ1) is 70.3. The Morgan fingerprint density at radius 2 is 0.847 bits per heavy atom. The van der Waals surface area contributed by atoms with Gasteiger partial charge in [-0.05, 0) is 137 Å². The third kappa shape index (κ3) is 21.7. The fraction of sp³-hybridized carbons (Fsp3) is 0.887. The van der Waals surface area contributed by atoms with Gasteiger partial charge in [-0.25, -0.2) is 28.8 Å². The minimum atomic E-state index is -1.98. The number of hydrogen-bond donors (Lipinski definition) is 10. The second-order valence-corrected chi connectivity index (χ2v) is 27.2. The molecule has 1 saturated carbocycles. The van der Waals surface area contributed by atoms with Crippen LogP contribution in [0, 0.1) is 0 Å². The van der Waals surface area contributed by atoms with Gasteiger partial charge in [-0.3, -0.25) is 0 Å². The van der Waals surface area contributed by atoms with Gasteiger partial charge in [0.2, 0.25) is 0 Å². The molecule has 0 aromatic carbocycles. The van der Waals surface area contributed by atoms with Crippen molar-refractivity contribution < 1.29 is 111 Å². The van der Waals surface area contributed by atoms with Crippen LogP contribution in [0.15, 0.2) is 5.11 Å². The van der Waals surface area contributed by atoms with E-state index in [9.17, 15) is 54.7 Å². The van der Waals surface area contributed by atoms with E-state index in [2.05, 4.69) is 41.9 Å². The van der Waals surface area contributed by atoms with E-state index in [1.807, 2.05) is 0 Å². The lowest BCUT2D eigenvalue weighted by Crippen LogP contribution is -2.71. The summed E-state index contributed by atoms with van der Waals surface area (Å²) in [4.78, 5) is 83.4. The Labute approximate surface area is 494 Å². The fourth-order valence-corrected chi connectivity index (χ4v) is 9.43. The van der Waals surface area contributed by atoms with Crippen molar-refractivity contribution in [2.45, 2.75) is 281 Å². The number of alkyl carbamates (subject to hydrolysis) is 6. The Morgan fingerprint density at radius 3 is 1.32 bits per heavy atom. The van der Waals surface area contributed by atoms with Gasteiger partial charge in [0.1, 0.15) is 113 Å². The molecule has 4 heterocycles. The second-order valence-electron chi connectivity index (χ2n) is 27.2. The number of nitrogens with zero attached hydrogens (tertiary/aromatic N) is 3. The summed E-state index contributed by atoms with van der Waals surface area (Å²) >= 11 is 0. The Bertz CT molecular complexity index is 2360. The average Bonchev–Trinajstić information content (AvgIpc) is 1.89. The number of azide groups is 1. The molecule has 0 spiro atoms. The number of hydrogen-bond acceptors (Lipinski definition) is 24. The highest BCUT2D eigenvalue weighted by Crippen LogP contribution is 2.41. The normalized spacial score (nSPS) is 33.3. The molecule has 486 valence electrons. The number of aliphatic hydroxyl groups excluding tert-OH is 4. The molecule has 4 aliphatic heterocycles. The molecule has 6 amide bonds. The van der Waals surface area contributed by atoms with Crippen molar-refractivity contribution in [3.05, 3.63) is 10.4 Å². The molecule has 0 unspecified atom stereocenters. The van der Waals surface area contributed by atoms with Gasteiger partial charge in [-0.15, -0.1) is 0 Å². The largest absolute Gasteiger partial charge is 0.444 e. The predicted molar refractivity (Wildman–Crippen MR) is 293 cm³/mol. The van der Waals surface area contributed by atoms with Crippen LogP contribution in [-0.2, 0) is 61.6 Å². The number of carbonyl (C=O) groups is 6. The summed E-state index contributed by atoms with van der Waals surface area (Å²) in [7, 11) is 0. The Hall–Kier alpha value is -5.51. The van der Waals surface area contributed by atoms with E-state index in [4.69, 9.17) is 61.6 Å². The van der Waals surface area contributed by atoms with E-state index < -0.39 is 206 Å². The third-order valence-corrected chi connectivity index (χ3v) is 12.6. The molecule has 19 atom stereocenters. The number of nitrogens with one attached hydrogen (secondary N) is 6. The molecule has 0 radical (unpaired) electrons. The lowest BCUT2D eigenvalue weighted by molar-refractivity contribution is -0.304. The van der Waals surface area contributed by atoms with Crippen LogP contribution in [0.1, 0.15) is 131 Å². The Morgan fingerprint density at radius 1 is 0.459 bits per heavy atom. The van der Waals surface area contributed by atoms with Gasteiger partial charge in [0.25, 0.3) is 0 Å². The molecule has 0 aromatic heterocycles. The van der Waals surface area contributed by atoms with Gasteiger partial charge in [0.15, 0.2) is 18.9 Å². The molecular formula is C53H91N9O23. The zero-order chi connectivity index (χ0) is 64.1. The predicted octanol–water partition coefficient (Wildman–Crippen LogP) is 2.86. The van der Waals surface area contributed by atoms with Crippen LogP contribution in [0.3, 0.4) is 0 Å². The van der Waals surface area contributed by atoms with E-state index in [1.165, 1.54) is 0 Å². The molecule has 5 fully saturated rings. The number of epoxide rings is 1.